The van der Waals surface area contributed by atoms with Crippen molar-refractivity contribution in [3.05, 3.63) is 0 Å². The van der Waals surface area contributed by atoms with Crippen molar-refractivity contribution in [2.24, 2.45) is 11.1 Å². The third-order valence-corrected chi connectivity index (χ3v) is 2.65. The lowest BCUT2D eigenvalue weighted by Crippen LogP contribution is -2.39. The van der Waals surface area contributed by atoms with Crippen LogP contribution in [-0.2, 0) is 0 Å². The molecule has 0 amide bonds. The SMILES string of the molecule is CCN(CC(C)(C)CN)C1CC1. The van der Waals surface area contributed by atoms with Crippen LogP contribution in [0.25, 0.3) is 0 Å². The van der Waals surface area contributed by atoms with Crippen LogP contribution in [0.4, 0.5) is 0 Å². The molecule has 1 rings (SSSR count). The van der Waals surface area contributed by atoms with Crippen LogP contribution in [0.1, 0.15) is 33.6 Å². The highest BCUT2D eigenvalue weighted by molar-refractivity contribution is 4.87. The smallest absolute Gasteiger partial charge is 0.00965 e. The average Bonchev–Trinajstić information content (AvgIpc) is 2.83. The molecule has 0 atom stereocenters. The van der Waals surface area contributed by atoms with Crippen molar-refractivity contribution in [1.82, 2.24) is 4.90 Å². The fraction of sp³-hybridized carbons (Fsp3) is 1.00. The van der Waals surface area contributed by atoms with Crippen LogP contribution in [0.5, 0.6) is 0 Å². The molecule has 2 nitrogen and oxygen atoms in total. The zero-order valence-corrected chi connectivity index (χ0v) is 8.64. The minimum absolute atomic E-state index is 0.290. The van der Waals surface area contributed by atoms with Crippen molar-refractivity contribution in [2.45, 2.75) is 39.7 Å². The minimum atomic E-state index is 0.290. The third kappa shape index (κ3) is 2.76. The van der Waals surface area contributed by atoms with E-state index < -0.39 is 0 Å². The van der Waals surface area contributed by atoms with Crippen molar-refractivity contribution in [3.8, 4) is 0 Å². The first-order chi connectivity index (χ1) is 5.59. The van der Waals surface area contributed by atoms with Crippen LogP contribution >= 0.6 is 0 Å². The number of nitrogens with zero attached hydrogens (tertiary/aromatic N) is 1. The maximum atomic E-state index is 5.70. The summed E-state index contributed by atoms with van der Waals surface area (Å²) < 4.78 is 0. The maximum absolute atomic E-state index is 5.70. The Balaban J connectivity index is 2.35. The molecule has 1 aliphatic carbocycles. The Labute approximate surface area is 76.1 Å². The van der Waals surface area contributed by atoms with Crippen LogP contribution in [-0.4, -0.2) is 30.6 Å². The first-order valence-electron chi connectivity index (χ1n) is 5.03. The van der Waals surface area contributed by atoms with E-state index in [1.165, 1.54) is 19.4 Å². The molecule has 1 aliphatic rings. The lowest BCUT2D eigenvalue weighted by Gasteiger charge is -2.30. The average molecular weight is 170 g/mol. The van der Waals surface area contributed by atoms with E-state index in [-0.39, 0.29) is 0 Å². The zero-order valence-electron chi connectivity index (χ0n) is 8.64. The molecule has 0 unspecified atom stereocenters. The van der Waals surface area contributed by atoms with E-state index in [9.17, 15) is 0 Å². The predicted molar refractivity (Wildman–Crippen MR) is 53.1 cm³/mol. The van der Waals surface area contributed by atoms with E-state index in [1.807, 2.05) is 0 Å². The fourth-order valence-electron chi connectivity index (χ4n) is 1.55. The molecule has 2 heteroatoms. The Morgan fingerprint density at radius 2 is 2.00 bits per heavy atom. The van der Waals surface area contributed by atoms with Crippen molar-refractivity contribution in [2.75, 3.05) is 19.6 Å². The number of hydrogen-bond acceptors (Lipinski definition) is 2. The van der Waals surface area contributed by atoms with Gasteiger partial charge in [0.15, 0.2) is 0 Å². The van der Waals surface area contributed by atoms with Crippen LogP contribution in [0.2, 0.25) is 0 Å². The largest absolute Gasteiger partial charge is 0.330 e. The molecule has 0 aromatic rings. The molecule has 72 valence electrons. The van der Waals surface area contributed by atoms with E-state index in [2.05, 4.69) is 25.7 Å². The molecule has 0 aromatic heterocycles. The molecule has 0 radical (unpaired) electrons. The Bertz CT molecular complexity index is 139. The fourth-order valence-corrected chi connectivity index (χ4v) is 1.55. The lowest BCUT2D eigenvalue weighted by molar-refractivity contribution is 0.182. The Kier molecular flexibility index (Phi) is 3.13. The van der Waals surface area contributed by atoms with E-state index in [0.29, 0.717) is 5.41 Å². The lowest BCUT2D eigenvalue weighted by atomic mass is 9.93. The van der Waals surface area contributed by atoms with Gasteiger partial charge in [0, 0.05) is 12.6 Å². The van der Waals surface area contributed by atoms with Crippen LogP contribution in [0, 0.1) is 5.41 Å². The van der Waals surface area contributed by atoms with Crippen molar-refractivity contribution in [1.29, 1.82) is 0 Å². The van der Waals surface area contributed by atoms with Gasteiger partial charge in [-0.15, -0.1) is 0 Å². The van der Waals surface area contributed by atoms with Gasteiger partial charge in [-0.25, -0.2) is 0 Å². The second-order valence-corrected chi connectivity index (χ2v) is 4.66. The summed E-state index contributed by atoms with van der Waals surface area (Å²) in [6, 6.07) is 0.876. The van der Waals surface area contributed by atoms with Crippen molar-refractivity contribution >= 4 is 0 Å². The first-order valence-corrected chi connectivity index (χ1v) is 5.03. The van der Waals surface area contributed by atoms with Crippen molar-refractivity contribution < 1.29 is 0 Å². The number of nitrogens with two attached hydrogens (primary N) is 1. The molecule has 2 N–H and O–H groups in total. The maximum Gasteiger partial charge on any atom is 0.00965 e. The highest BCUT2D eigenvalue weighted by Crippen LogP contribution is 2.29. The van der Waals surface area contributed by atoms with Gasteiger partial charge in [0.25, 0.3) is 0 Å². The van der Waals surface area contributed by atoms with Gasteiger partial charge in [0.1, 0.15) is 0 Å². The summed E-state index contributed by atoms with van der Waals surface area (Å²) in [6.45, 7) is 9.86. The monoisotopic (exact) mass is 170 g/mol. The molecule has 0 heterocycles. The molecule has 0 aromatic carbocycles. The molecule has 0 bridgehead atoms. The topological polar surface area (TPSA) is 29.3 Å². The summed E-state index contributed by atoms with van der Waals surface area (Å²) in [5.74, 6) is 0. The van der Waals surface area contributed by atoms with Gasteiger partial charge in [0.2, 0.25) is 0 Å². The predicted octanol–water partition coefficient (Wildman–Crippen LogP) is 1.46. The molecule has 0 saturated heterocycles. The molecule has 0 aliphatic heterocycles. The van der Waals surface area contributed by atoms with E-state index >= 15 is 0 Å². The highest BCUT2D eigenvalue weighted by Gasteiger charge is 2.31. The Morgan fingerprint density at radius 1 is 1.42 bits per heavy atom. The summed E-state index contributed by atoms with van der Waals surface area (Å²) in [7, 11) is 0. The summed E-state index contributed by atoms with van der Waals surface area (Å²) >= 11 is 0. The summed E-state index contributed by atoms with van der Waals surface area (Å²) in [6.07, 6.45) is 2.79. The van der Waals surface area contributed by atoms with Gasteiger partial charge in [-0.2, -0.15) is 0 Å². The molecular formula is C10H22N2. The molecule has 1 saturated carbocycles. The Morgan fingerprint density at radius 3 is 2.33 bits per heavy atom. The normalized spacial score (nSPS) is 18.8. The molecular weight excluding hydrogens is 148 g/mol. The third-order valence-electron chi connectivity index (χ3n) is 2.65. The van der Waals surface area contributed by atoms with Gasteiger partial charge in [0.05, 0.1) is 0 Å². The zero-order chi connectivity index (χ0) is 9.19. The van der Waals surface area contributed by atoms with E-state index in [1.54, 1.807) is 0 Å². The van der Waals surface area contributed by atoms with Crippen LogP contribution in [0.15, 0.2) is 0 Å². The first kappa shape index (κ1) is 10.0. The molecule has 0 spiro atoms. The quantitative estimate of drug-likeness (QED) is 0.677. The van der Waals surface area contributed by atoms with Gasteiger partial charge in [-0.1, -0.05) is 20.8 Å². The number of rotatable bonds is 5. The molecule has 1 fully saturated rings. The Hall–Kier alpha value is -0.0800. The summed E-state index contributed by atoms with van der Waals surface area (Å²) in [4.78, 5) is 2.56. The van der Waals surface area contributed by atoms with E-state index in [4.69, 9.17) is 5.73 Å². The minimum Gasteiger partial charge on any atom is -0.330 e. The standard InChI is InChI=1S/C10H22N2/c1-4-12(9-5-6-9)8-10(2,3)7-11/h9H,4-8,11H2,1-3H3. The van der Waals surface area contributed by atoms with Gasteiger partial charge >= 0.3 is 0 Å². The van der Waals surface area contributed by atoms with E-state index in [0.717, 1.165) is 19.1 Å². The number of hydrogen-bond donors (Lipinski definition) is 1. The van der Waals surface area contributed by atoms with Crippen molar-refractivity contribution in [3.63, 3.8) is 0 Å². The van der Waals surface area contributed by atoms with Crippen LogP contribution in [0.3, 0.4) is 0 Å². The second-order valence-electron chi connectivity index (χ2n) is 4.66. The van der Waals surface area contributed by atoms with Gasteiger partial charge in [-0.05, 0) is 31.3 Å². The van der Waals surface area contributed by atoms with Crippen LogP contribution < -0.4 is 5.73 Å². The van der Waals surface area contributed by atoms with Gasteiger partial charge in [-0.3, -0.25) is 0 Å². The molecule has 12 heavy (non-hydrogen) atoms. The second kappa shape index (κ2) is 3.75. The van der Waals surface area contributed by atoms with Gasteiger partial charge < -0.3 is 10.6 Å². The summed E-state index contributed by atoms with van der Waals surface area (Å²) in [5, 5.41) is 0. The highest BCUT2D eigenvalue weighted by atomic mass is 15.2. The summed E-state index contributed by atoms with van der Waals surface area (Å²) in [5.41, 5.74) is 5.99.